The van der Waals surface area contributed by atoms with Gasteiger partial charge in [0.25, 0.3) is 0 Å². The summed E-state index contributed by atoms with van der Waals surface area (Å²) in [4.78, 5) is 26.4. The topological polar surface area (TPSA) is 71.1 Å². The molecule has 168 valence electrons. The van der Waals surface area contributed by atoms with Crippen molar-refractivity contribution in [3.63, 3.8) is 0 Å². The predicted molar refractivity (Wildman–Crippen MR) is 119 cm³/mol. The first kappa shape index (κ1) is 24.3. The second-order valence-corrected chi connectivity index (χ2v) is 7.79. The summed E-state index contributed by atoms with van der Waals surface area (Å²) in [5.74, 6) is 0.0637. The highest BCUT2D eigenvalue weighted by molar-refractivity contribution is 6.01. The maximum Gasteiger partial charge on any atom is 0.329 e. The van der Waals surface area contributed by atoms with Gasteiger partial charge >= 0.3 is 11.9 Å². The van der Waals surface area contributed by atoms with Crippen LogP contribution in [0.2, 0.25) is 0 Å². The van der Waals surface area contributed by atoms with Gasteiger partial charge in [0, 0.05) is 0 Å². The minimum absolute atomic E-state index is 0.0932. The van der Waals surface area contributed by atoms with E-state index in [0.717, 1.165) is 0 Å². The van der Waals surface area contributed by atoms with Gasteiger partial charge in [-0.3, -0.25) is 9.59 Å². The lowest BCUT2D eigenvalue weighted by molar-refractivity contribution is -0.162. The third kappa shape index (κ3) is 6.00. The van der Waals surface area contributed by atoms with Crippen LogP contribution in [0, 0.1) is 5.41 Å². The molecule has 0 heterocycles. The van der Waals surface area contributed by atoms with E-state index in [0.29, 0.717) is 11.5 Å². The van der Waals surface area contributed by atoms with E-state index in [4.69, 9.17) is 18.9 Å². The van der Waals surface area contributed by atoms with E-state index in [1.54, 1.807) is 62.4 Å². The summed E-state index contributed by atoms with van der Waals surface area (Å²) in [7, 11) is 0. The van der Waals surface area contributed by atoms with Crippen molar-refractivity contribution >= 4 is 11.9 Å². The van der Waals surface area contributed by atoms with Crippen LogP contribution in [-0.4, -0.2) is 24.1 Å². The van der Waals surface area contributed by atoms with Crippen molar-refractivity contribution in [3.8, 4) is 23.0 Å². The number of rotatable bonds is 10. The Morgan fingerprint density at radius 1 is 0.677 bits per heavy atom. The normalized spacial score (nSPS) is 11.4. The van der Waals surface area contributed by atoms with Crippen molar-refractivity contribution in [1.82, 2.24) is 0 Å². The maximum absolute atomic E-state index is 13.2. The predicted octanol–water partition coefficient (Wildman–Crippen LogP) is 5.58. The fraction of sp³-hybridized carbons (Fsp3) is 0.440. The lowest BCUT2D eigenvalue weighted by Gasteiger charge is -2.27. The zero-order chi connectivity index (χ0) is 23.0. The molecule has 0 saturated carbocycles. The van der Waals surface area contributed by atoms with Crippen LogP contribution in [0.5, 0.6) is 23.0 Å². The summed E-state index contributed by atoms with van der Waals surface area (Å²) >= 11 is 0. The van der Waals surface area contributed by atoms with Crippen molar-refractivity contribution in [2.75, 3.05) is 0 Å². The first-order valence-electron chi connectivity index (χ1n) is 10.7. The fourth-order valence-corrected chi connectivity index (χ4v) is 3.08. The standard InChI is InChI=1S/C25H32O6/c1-7-25(8-2,23(26)30-21-15-11-9-13-19(21)28-17(3)4)24(27)31-22-16-12-10-14-20(22)29-18(5)6/h9-18H,7-8H2,1-6H3. The maximum atomic E-state index is 13.2. The van der Waals surface area contributed by atoms with E-state index < -0.39 is 17.4 Å². The Balaban J connectivity index is 2.30. The third-order valence-electron chi connectivity index (χ3n) is 4.82. The van der Waals surface area contributed by atoms with E-state index in [9.17, 15) is 9.59 Å². The van der Waals surface area contributed by atoms with Crippen molar-refractivity contribution < 1.29 is 28.5 Å². The Morgan fingerprint density at radius 3 is 1.29 bits per heavy atom. The molecule has 2 aromatic rings. The molecule has 0 saturated heterocycles. The highest BCUT2D eigenvalue weighted by Gasteiger charge is 2.47. The average Bonchev–Trinajstić information content (AvgIpc) is 2.71. The molecule has 0 atom stereocenters. The summed E-state index contributed by atoms with van der Waals surface area (Å²) in [5.41, 5.74) is -1.46. The van der Waals surface area contributed by atoms with Crippen molar-refractivity contribution in [3.05, 3.63) is 48.5 Å². The molecule has 6 heteroatoms. The van der Waals surface area contributed by atoms with Crippen molar-refractivity contribution in [2.24, 2.45) is 5.41 Å². The van der Waals surface area contributed by atoms with Gasteiger partial charge < -0.3 is 18.9 Å². The van der Waals surface area contributed by atoms with Gasteiger partial charge in [-0.25, -0.2) is 0 Å². The number of carbonyl (C=O) groups excluding carboxylic acids is 2. The van der Waals surface area contributed by atoms with Crippen molar-refractivity contribution in [2.45, 2.75) is 66.6 Å². The molecule has 0 N–H and O–H groups in total. The fourth-order valence-electron chi connectivity index (χ4n) is 3.08. The molecular formula is C25H32O6. The second-order valence-electron chi connectivity index (χ2n) is 7.79. The second kappa shape index (κ2) is 10.8. The van der Waals surface area contributed by atoms with Crippen LogP contribution >= 0.6 is 0 Å². The lowest BCUT2D eigenvalue weighted by Crippen LogP contribution is -2.44. The van der Waals surface area contributed by atoms with E-state index in [-0.39, 0.29) is 36.5 Å². The number of ether oxygens (including phenoxy) is 4. The number of benzene rings is 2. The first-order valence-corrected chi connectivity index (χ1v) is 10.7. The molecule has 6 nitrogen and oxygen atoms in total. The van der Waals surface area contributed by atoms with Crippen LogP contribution in [0.1, 0.15) is 54.4 Å². The van der Waals surface area contributed by atoms with Crippen LogP contribution < -0.4 is 18.9 Å². The highest BCUT2D eigenvalue weighted by Crippen LogP contribution is 2.36. The SMILES string of the molecule is CCC(CC)(C(=O)Oc1ccccc1OC(C)C)C(=O)Oc1ccccc1OC(C)C. The van der Waals surface area contributed by atoms with Crippen LogP contribution in [0.3, 0.4) is 0 Å². The number of hydrogen-bond donors (Lipinski definition) is 0. The molecule has 0 bridgehead atoms. The molecule has 2 rings (SSSR count). The quantitative estimate of drug-likeness (QED) is 0.280. The number of esters is 2. The van der Waals surface area contributed by atoms with Gasteiger partial charge in [-0.2, -0.15) is 0 Å². The van der Waals surface area contributed by atoms with Gasteiger partial charge in [-0.15, -0.1) is 0 Å². The lowest BCUT2D eigenvalue weighted by atomic mass is 9.82. The average molecular weight is 429 g/mol. The molecule has 0 aromatic heterocycles. The van der Waals surface area contributed by atoms with E-state index in [1.165, 1.54) is 0 Å². The minimum Gasteiger partial charge on any atom is -0.487 e. The van der Waals surface area contributed by atoms with Gasteiger partial charge in [0.2, 0.25) is 0 Å². The van der Waals surface area contributed by atoms with Crippen LogP contribution in [-0.2, 0) is 9.59 Å². The largest absolute Gasteiger partial charge is 0.487 e. The Hall–Kier alpha value is -3.02. The number of carbonyl (C=O) groups is 2. The number of hydrogen-bond acceptors (Lipinski definition) is 6. The summed E-state index contributed by atoms with van der Waals surface area (Å²) in [6.45, 7) is 11.1. The van der Waals surface area contributed by atoms with Crippen LogP contribution in [0.4, 0.5) is 0 Å². The Labute approximate surface area is 184 Å². The molecule has 0 aliphatic rings. The third-order valence-corrected chi connectivity index (χ3v) is 4.82. The molecule has 2 aromatic carbocycles. The summed E-state index contributed by atoms with van der Waals surface area (Å²) < 4.78 is 22.8. The molecule has 0 spiro atoms. The molecule has 0 amide bonds. The smallest absolute Gasteiger partial charge is 0.329 e. The molecule has 0 unspecified atom stereocenters. The molecule has 0 radical (unpaired) electrons. The van der Waals surface area contributed by atoms with E-state index >= 15 is 0 Å². The van der Waals surface area contributed by atoms with E-state index in [2.05, 4.69) is 0 Å². The van der Waals surface area contributed by atoms with Gasteiger partial charge in [0.05, 0.1) is 12.2 Å². The van der Waals surface area contributed by atoms with Gasteiger partial charge in [-0.05, 0) is 64.8 Å². The summed E-state index contributed by atoms with van der Waals surface area (Å²) in [6.07, 6.45) is 0.261. The summed E-state index contributed by atoms with van der Waals surface area (Å²) in [5, 5.41) is 0. The molecule has 0 fully saturated rings. The van der Waals surface area contributed by atoms with Crippen LogP contribution in [0.25, 0.3) is 0 Å². The van der Waals surface area contributed by atoms with Crippen LogP contribution in [0.15, 0.2) is 48.5 Å². The Kier molecular flexibility index (Phi) is 8.48. The number of para-hydroxylation sites is 4. The monoisotopic (exact) mass is 428 g/mol. The highest BCUT2D eigenvalue weighted by atomic mass is 16.6. The van der Waals surface area contributed by atoms with Gasteiger partial charge in [0.15, 0.2) is 28.4 Å². The summed E-state index contributed by atoms with van der Waals surface area (Å²) in [6, 6.07) is 13.8. The van der Waals surface area contributed by atoms with E-state index in [1.807, 2.05) is 27.7 Å². The molecule has 0 aliphatic heterocycles. The van der Waals surface area contributed by atoms with Gasteiger partial charge in [-0.1, -0.05) is 38.1 Å². The Bertz CT molecular complexity index is 814. The molecule has 31 heavy (non-hydrogen) atoms. The minimum atomic E-state index is -1.46. The van der Waals surface area contributed by atoms with Gasteiger partial charge in [0.1, 0.15) is 0 Å². The van der Waals surface area contributed by atoms with Crippen molar-refractivity contribution in [1.29, 1.82) is 0 Å². The molecular weight excluding hydrogens is 396 g/mol. The first-order chi connectivity index (χ1) is 14.7. The zero-order valence-corrected chi connectivity index (χ0v) is 19.1. The zero-order valence-electron chi connectivity index (χ0n) is 19.1. The molecule has 0 aliphatic carbocycles. The Morgan fingerprint density at radius 2 is 1.00 bits per heavy atom.